The van der Waals surface area contributed by atoms with Gasteiger partial charge in [-0.25, -0.2) is 8.78 Å². The molecule has 0 fully saturated rings. The molecule has 120 valence electrons. The van der Waals surface area contributed by atoms with Gasteiger partial charge in [0, 0.05) is 5.69 Å². The molecule has 2 aromatic carbocycles. The van der Waals surface area contributed by atoms with E-state index >= 15 is 0 Å². The third kappa shape index (κ3) is 4.88. The smallest absolute Gasteiger partial charge is 0.311 e. The molecule has 6 heteroatoms. The van der Waals surface area contributed by atoms with Crippen LogP contribution in [0.1, 0.15) is 12.5 Å². The summed E-state index contributed by atoms with van der Waals surface area (Å²) in [5.74, 6) is -2.33. The van der Waals surface area contributed by atoms with Gasteiger partial charge in [-0.1, -0.05) is 24.3 Å². The number of amides is 1. The van der Waals surface area contributed by atoms with Crippen LogP contribution in [-0.2, 0) is 20.7 Å². The molecule has 0 saturated heterocycles. The van der Waals surface area contributed by atoms with Crippen molar-refractivity contribution in [1.29, 1.82) is 0 Å². The van der Waals surface area contributed by atoms with Gasteiger partial charge in [0.1, 0.15) is 11.6 Å². The second-order valence-corrected chi connectivity index (χ2v) is 4.90. The van der Waals surface area contributed by atoms with Crippen molar-refractivity contribution in [3.8, 4) is 0 Å². The van der Waals surface area contributed by atoms with Crippen LogP contribution in [0.3, 0.4) is 0 Å². The molecule has 0 bridgehead atoms. The van der Waals surface area contributed by atoms with Crippen LogP contribution >= 0.6 is 0 Å². The first-order chi connectivity index (χ1) is 11.0. The van der Waals surface area contributed by atoms with Crippen molar-refractivity contribution in [2.75, 3.05) is 5.32 Å². The van der Waals surface area contributed by atoms with E-state index < -0.39 is 29.6 Å². The van der Waals surface area contributed by atoms with Crippen molar-refractivity contribution in [3.63, 3.8) is 0 Å². The first kappa shape index (κ1) is 16.6. The lowest BCUT2D eigenvalue weighted by Crippen LogP contribution is -2.30. The van der Waals surface area contributed by atoms with Gasteiger partial charge in [-0.2, -0.15) is 0 Å². The normalized spacial score (nSPS) is 11.6. The van der Waals surface area contributed by atoms with Crippen LogP contribution in [0.4, 0.5) is 14.5 Å². The number of halogens is 2. The van der Waals surface area contributed by atoms with Gasteiger partial charge in [0.25, 0.3) is 5.91 Å². The summed E-state index contributed by atoms with van der Waals surface area (Å²) in [5.41, 5.74) is 0.447. The summed E-state index contributed by atoms with van der Waals surface area (Å²) in [4.78, 5) is 23.7. The molecule has 2 rings (SSSR count). The average Bonchev–Trinajstić information content (AvgIpc) is 2.49. The Hall–Kier alpha value is -2.76. The van der Waals surface area contributed by atoms with Crippen LogP contribution in [0.15, 0.2) is 48.5 Å². The molecule has 0 spiro atoms. The van der Waals surface area contributed by atoms with Crippen LogP contribution in [0.2, 0.25) is 0 Å². The predicted octanol–water partition coefficient (Wildman–Crippen LogP) is 3.08. The number of rotatable bonds is 5. The minimum atomic E-state index is -1.09. The quantitative estimate of drug-likeness (QED) is 0.862. The Morgan fingerprint density at radius 1 is 1.13 bits per heavy atom. The van der Waals surface area contributed by atoms with Gasteiger partial charge < -0.3 is 10.1 Å². The SMILES string of the molecule is C[C@H](OC(=O)Cc1ccccc1F)C(=O)Nc1cccc(F)c1. The molecule has 1 amide bonds. The summed E-state index contributed by atoms with van der Waals surface area (Å²) in [5, 5.41) is 2.43. The topological polar surface area (TPSA) is 55.4 Å². The monoisotopic (exact) mass is 319 g/mol. The van der Waals surface area contributed by atoms with E-state index in [0.717, 1.165) is 6.07 Å². The summed E-state index contributed by atoms with van der Waals surface area (Å²) >= 11 is 0. The van der Waals surface area contributed by atoms with E-state index in [-0.39, 0.29) is 17.7 Å². The lowest BCUT2D eigenvalue weighted by molar-refractivity contribution is -0.152. The molecule has 0 heterocycles. The molecule has 0 aliphatic carbocycles. The Labute approximate surface area is 132 Å². The van der Waals surface area contributed by atoms with Crippen LogP contribution in [0.25, 0.3) is 0 Å². The molecule has 4 nitrogen and oxygen atoms in total. The third-order valence-electron chi connectivity index (χ3n) is 3.06. The van der Waals surface area contributed by atoms with E-state index in [1.807, 2.05) is 0 Å². The summed E-state index contributed by atoms with van der Waals surface area (Å²) in [6, 6.07) is 11.2. The Balaban J connectivity index is 1.90. The first-order valence-corrected chi connectivity index (χ1v) is 6.95. The van der Waals surface area contributed by atoms with Gasteiger partial charge in [-0.3, -0.25) is 9.59 Å². The third-order valence-corrected chi connectivity index (χ3v) is 3.06. The molecule has 23 heavy (non-hydrogen) atoms. The van der Waals surface area contributed by atoms with Crippen molar-refractivity contribution < 1.29 is 23.1 Å². The number of nitrogens with one attached hydrogen (secondary N) is 1. The fourth-order valence-corrected chi connectivity index (χ4v) is 1.90. The van der Waals surface area contributed by atoms with Crippen molar-refractivity contribution in [2.24, 2.45) is 0 Å². The van der Waals surface area contributed by atoms with E-state index in [0.29, 0.717) is 0 Å². The number of esters is 1. The van der Waals surface area contributed by atoms with Crippen LogP contribution in [0, 0.1) is 11.6 Å². The maximum atomic E-state index is 13.4. The molecule has 1 atom stereocenters. The minimum absolute atomic E-state index is 0.190. The van der Waals surface area contributed by atoms with Gasteiger partial charge in [0.05, 0.1) is 6.42 Å². The van der Waals surface area contributed by atoms with Crippen molar-refractivity contribution in [1.82, 2.24) is 0 Å². The largest absolute Gasteiger partial charge is 0.452 e. The van der Waals surface area contributed by atoms with E-state index in [9.17, 15) is 18.4 Å². The number of anilines is 1. The summed E-state index contributed by atoms with van der Waals surface area (Å²) in [6.45, 7) is 1.38. The molecule has 0 aromatic heterocycles. The zero-order valence-corrected chi connectivity index (χ0v) is 12.4. The molecule has 1 N–H and O–H groups in total. The highest BCUT2D eigenvalue weighted by Gasteiger charge is 2.19. The molecule has 0 aliphatic heterocycles. The van der Waals surface area contributed by atoms with Gasteiger partial charge in [-0.05, 0) is 36.8 Å². The van der Waals surface area contributed by atoms with E-state index in [1.54, 1.807) is 6.07 Å². The van der Waals surface area contributed by atoms with E-state index in [1.165, 1.54) is 43.3 Å². The minimum Gasteiger partial charge on any atom is -0.452 e. The summed E-state index contributed by atoms with van der Waals surface area (Å²) in [6.07, 6.45) is -1.36. The predicted molar refractivity (Wildman–Crippen MR) is 80.7 cm³/mol. The standard InChI is InChI=1S/C17H15F2NO3/c1-11(17(22)20-14-7-4-6-13(18)10-14)23-16(21)9-12-5-2-3-8-15(12)19/h2-8,10-11H,9H2,1H3,(H,20,22)/t11-/m0/s1. The molecular formula is C17H15F2NO3. The lowest BCUT2D eigenvalue weighted by atomic mass is 10.1. The summed E-state index contributed by atoms with van der Waals surface area (Å²) < 4.78 is 31.4. The van der Waals surface area contributed by atoms with Crippen LogP contribution in [0.5, 0.6) is 0 Å². The Bertz CT molecular complexity index is 718. The lowest BCUT2D eigenvalue weighted by Gasteiger charge is -2.13. The van der Waals surface area contributed by atoms with Crippen LogP contribution < -0.4 is 5.32 Å². The summed E-state index contributed by atoms with van der Waals surface area (Å²) in [7, 11) is 0. The molecule has 0 radical (unpaired) electrons. The number of hydrogen-bond donors (Lipinski definition) is 1. The molecule has 0 saturated carbocycles. The number of hydrogen-bond acceptors (Lipinski definition) is 3. The number of ether oxygens (including phenoxy) is 1. The van der Waals surface area contributed by atoms with Gasteiger partial charge in [0.2, 0.25) is 0 Å². The molecule has 2 aromatic rings. The number of carbonyl (C=O) groups excluding carboxylic acids is 2. The number of benzene rings is 2. The van der Waals surface area contributed by atoms with Gasteiger partial charge in [0.15, 0.2) is 6.10 Å². The molecular weight excluding hydrogens is 304 g/mol. The Morgan fingerprint density at radius 2 is 1.87 bits per heavy atom. The zero-order chi connectivity index (χ0) is 16.8. The van der Waals surface area contributed by atoms with Gasteiger partial charge in [-0.15, -0.1) is 0 Å². The van der Waals surface area contributed by atoms with E-state index in [4.69, 9.17) is 4.74 Å². The maximum Gasteiger partial charge on any atom is 0.311 e. The fraction of sp³-hybridized carbons (Fsp3) is 0.176. The number of carbonyl (C=O) groups is 2. The highest BCUT2D eigenvalue weighted by Crippen LogP contribution is 2.11. The second-order valence-electron chi connectivity index (χ2n) is 4.90. The first-order valence-electron chi connectivity index (χ1n) is 6.95. The highest BCUT2D eigenvalue weighted by molar-refractivity contribution is 5.95. The van der Waals surface area contributed by atoms with Crippen LogP contribution in [-0.4, -0.2) is 18.0 Å². The van der Waals surface area contributed by atoms with E-state index in [2.05, 4.69) is 5.32 Å². The Morgan fingerprint density at radius 3 is 2.57 bits per heavy atom. The second kappa shape index (κ2) is 7.49. The highest BCUT2D eigenvalue weighted by atomic mass is 19.1. The zero-order valence-electron chi connectivity index (χ0n) is 12.4. The van der Waals surface area contributed by atoms with Crippen molar-refractivity contribution in [3.05, 3.63) is 65.7 Å². The maximum absolute atomic E-state index is 13.4. The Kier molecular flexibility index (Phi) is 5.41. The van der Waals surface area contributed by atoms with Crippen molar-refractivity contribution >= 4 is 17.6 Å². The van der Waals surface area contributed by atoms with Gasteiger partial charge >= 0.3 is 5.97 Å². The molecule has 0 unspecified atom stereocenters. The molecule has 0 aliphatic rings. The average molecular weight is 319 g/mol. The fourth-order valence-electron chi connectivity index (χ4n) is 1.90. The van der Waals surface area contributed by atoms with Crippen molar-refractivity contribution in [2.45, 2.75) is 19.4 Å².